The highest BCUT2D eigenvalue weighted by Gasteiger charge is 2.09. The molecule has 11 heavy (non-hydrogen) atoms. The second-order valence-corrected chi connectivity index (χ2v) is 2.72. The first kappa shape index (κ1) is 10.9. The van der Waals surface area contributed by atoms with Crippen LogP contribution in [-0.4, -0.2) is 31.3 Å². The molecule has 1 unspecified atom stereocenters. The fraction of sp³-hybridized carbons (Fsp3) is 1.00. The molecule has 0 bridgehead atoms. The van der Waals surface area contributed by atoms with Gasteiger partial charge in [-0.15, -0.1) is 0 Å². The maximum atomic E-state index is 5.39. The summed E-state index contributed by atoms with van der Waals surface area (Å²) in [6.07, 6.45) is 2.11. The molecule has 0 radical (unpaired) electrons. The fourth-order valence-corrected chi connectivity index (χ4v) is 0.942. The second kappa shape index (κ2) is 6.58. The fourth-order valence-electron chi connectivity index (χ4n) is 0.942. The molecule has 1 atom stereocenters. The van der Waals surface area contributed by atoms with Gasteiger partial charge in [-0.1, -0.05) is 6.92 Å². The first-order valence-electron chi connectivity index (χ1n) is 4.27. The molecule has 0 aromatic rings. The van der Waals surface area contributed by atoms with E-state index >= 15 is 0 Å². The van der Waals surface area contributed by atoms with Crippen LogP contribution in [0, 0.1) is 0 Å². The first-order chi connectivity index (χ1) is 5.26. The Balaban J connectivity index is 3.56. The van der Waals surface area contributed by atoms with E-state index in [2.05, 4.69) is 13.8 Å². The molecule has 0 aliphatic rings. The van der Waals surface area contributed by atoms with Crippen LogP contribution in [0.2, 0.25) is 0 Å². The van der Waals surface area contributed by atoms with Gasteiger partial charge in [-0.3, -0.25) is 0 Å². The third kappa shape index (κ3) is 4.35. The van der Waals surface area contributed by atoms with Gasteiger partial charge in [-0.25, -0.2) is 0 Å². The molecule has 0 heterocycles. The molecule has 0 saturated heterocycles. The van der Waals surface area contributed by atoms with Crippen LogP contribution < -0.4 is 5.73 Å². The summed E-state index contributed by atoms with van der Waals surface area (Å²) in [5, 5.41) is 1.98. The standard InChI is InChI=1S/C8H20N2O/c1-4-8(2)10(11-3)7-5-6-9/h8H,4-7,9H2,1-3H3. The molecule has 3 heteroatoms. The van der Waals surface area contributed by atoms with E-state index in [4.69, 9.17) is 10.6 Å². The minimum Gasteiger partial charge on any atom is -0.330 e. The third-order valence-corrected chi connectivity index (χ3v) is 1.90. The molecular formula is C8H20N2O. The Bertz CT molecular complexity index is 88.2. The predicted molar refractivity (Wildman–Crippen MR) is 47.1 cm³/mol. The van der Waals surface area contributed by atoms with Crippen molar-refractivity contribution in [3.63, 3.8) is 0 Å². The van der Waals surface area contributed by atoms with Gasteiger partial charge in [0.1, 0.15) is 0 Å². The molecule has 0 fully saturated rings. The van der Waals surface area contributed by atoms with E-state index in [0.717, 1.165) is 25.9 Å². The highest BCUT2D eigenvalue weighted by Crippen LogP contribution is 2.03. The minimum absolute atomic E-state index is 0.492. The molecule has 3 nitrogen and oxygen atoms in total. The van der Waals surface area contributed by atoms with E-state index in [-0.39, 0.29) is 0 Å². The van der Waals surface area contributed by atoms with E-state index < -0.39 is 0 Å². The van der Waals surface area contributed by atoms with Crippen molar-refractivity contribution in [3.8, 4) is 0 Å². The SMILES string of the molecule is CCC(C)N(CCCN)OC. The first-order valence-corrected chi connectivity index (χ1v) is 4.27. The highest BCUT2D eigenvalue weighted by molar-refractivity contribution is 4.56. The molecule has 0 aromatic carbocycles. The number of rotatable bonds is 6. The maximum Gasteiger partial charge on any atom is 0.0575 e. The summed E-state index contributed by atoms with van der Waals surface area (Å²) in [7, 11) is 1.71. The van der Waals surface area contributed by atoms with Crippen LogP contribution in [0.5, 0.6) is 0 Å². The maximum absolute atomic E-state index is 5.39. The number of nitrogens with two attached hydrogens (primary N) is 1. The largest absolute Gasteiger partial charge is 0.330 e. The summed E-state index contributed by atoms with van der Waals surface area (Å²) >= 11 is 0. The summed E-state index contributed by atoms with van der Waals surface area (Å²) < 4.78 is 0. The van der Waals surface area contributed by atoms with Gasteiger partial charge >= 0.3 is 0 Å². The summed E-state index contributed by atoms with van der Waals surface area (Å²) in [5.74, 6) is 0. The van der Waals surface area contributed by atoms with Gasteiger partial charge in [-0.2, -0.15) is 5.06 Å². The molecule has 0 rings (SSSR count). The van der Waals surface area contributed by atoms with Gasteiger partial charge in [0.25, 0.3) is 0 Å². The zero-order valence-corrected chi connectivity index (χ0v) is 7.84. The molecule has 0 aliphatic carbocycles. The Morgan fingerprint density at radius 1 is 1.55 bits per heavy atom. The van der Waals surface area contributed by atoms with Crippen molar-refractivity contribution in [2.45, 2.75) is 32.7 Å². The number of nitrogens with zero attached hydrogens (tertiary/aromatic N) is 1. The molecule has 0 spiro atoms. The molecular weight excluding hydrogens is 140 g/mol. The number of hydroxylamine groups is 2. The van der Waals surface area contributed by atoms with Crippen LogP contribution in [0.1, 0.15) is 26.7 Å². The van der Waals surface area contributed by atoms with Crippen molar-refractivity contribution in [1.29, 1.82) is 0 Å². The summed E-state index contributed by atoms with van der Waals surface area (Å²) in [4.78, 5) is 5.18. The van der Waals surface area contributed by atoms with E-state index in [0.29, 0.717) is 6.04 Å². The van der Waals surface area contributed by atoms with Crippen LogP contribution in [0.25, 0.3) is 0 Å². The van der Waals surface area contributed by atoms with E-state index in [9.17, 15) is 0 Å². The summed E-state index contributed by atoms with van der Waals surface area (Å²) in [6, 6.07) is 0.492. The lowest BCUT2D eigenvalue weighted by molar-refractivity contribution is -0.158. The van der Waals surface area contributed by atoms with Crippen molar-refractivity contribution in [2.75, 3.05) is 20.2 Å². The zero-order chi connectivity index (χ0) is 8.69. The Hall–Kier alpha value is -0.120. The molecule has 2 N–H and O–H groups in total. The summed E-state index contributed by atoms with van der Waals surface area (Å²) in [6.45, 7) is 5.97. The van der Waals surface area contributed by atoms with Crippen LogP contribution in [0.4, 0.5) is 0 Å². The lowest BCUT2D eigenvalue weighted by Gasteiger charge is -2.25. The lowest BCUT2D eigenvalue weighted by Crippen LogP contribution is -2.33. The van der Waals surface area contributed by atoms with E-state index in [1.165, 1.54) is 0 Å². The van der Waals surface area contributed by atoms with Gasteiger partial charge in [-0.05, 0) is 26.3 Å². The average Bonchev–Trinajstić information content (AvgIpc) is 2.05. The van der Waals surface area contributed by atoms with Crippen LogP contribution >= 0.6 is 0 Å². The Morgan fingerprint density at radius 2 is 2.18 bits per heavy atom. The van der Waals surface area contributed by atoms with Gasteiger partial charge in [0.05, 0.1) is 7.11 Å². The summed E-state index contributed by atoms with van der Waals surface area (Å²) in [5.41, 5.74) is 5.39. The molecule has 0 saturated carbocycles. The van der Waals surface area contributed by atoms with Crippen molar-refractivity contribution in [1.82, 2.24) is 5.06 Å². The van der Waals surface area contributed by atoms with Gasteiger partial charge in [0.15, 0.2) is 0 Å². The Morgan fingerprint density at radius 3 is 2.55 bits per heavy atom. The van der Waals surface area contributed by atoms with Crippen LogP contribution in [-0.2, 0) is 4.84 Å². The van der Waals surface area contributed by atoms with Crippen molar-refractivity contribution in [3.05, 3.63) is 0 Å². The number of hydrogen-bond donors (Lipinski definition) is 1. The van der Waals surface area contributed by atoms with Crippen molar-refractivity contribution >= 4 is 0 Å². The zero-order valence-electron chi connectivity index (χ0n) is 7.84. The molecule has 68 valence electrons. The topological polar surface area (TPSA) is 38.5 Å². The van der Waals surface area contributed by atoms with E-state index in [1.807, 2.05) is 5.06 Å². The molecule has 0 amide bonds. The van der Waals surface area contributed by atoms with E-state index in [1.54, 1.807) is 7.11 Å². The predicted octanol–water partition coefficient (Wildman–Crippen LogP) is 0.997. The third-order valence-electron chi connectivity index (χ3n) is 1.90. The molecule has 0 aliphatic heterocycles. The highest BCUT2D eigenvalue weighted by atomic mass is 16.7. The average molecular weight is 160 g/mol. The monoisotopic (exact) mass is 160 g/mol. The van der Waals surface area contributed by atoms with Gasteiger partial charge in [0, 0.05) is 12.6 Å². The smallest absolute Gasteiger partial charge is 0.0575 e. The quantitative estimate of drug-likeness (QED) is 0.589. The minimum atomic E-state index is 0.492. The lowest BCUT2D eigenvalue weighted by atomic mass is 10.2. The Labute approximate surface area is 69.5 Å². The van der Waals surface area contributed by atoms with Crippen molar-refractivity contribution < 1.29 is 4.84 Å². The van der Waals surface area contributed by atoms with Gasteiger partial charge < -0.3 is 10.6 Å². The second-order valence-electron chi connectivity index (χ2n) is 2.72. The molecule has 0 aromatic heterocycles. The normalized spacial score (nSPS) is 13.9. The van der Waals surface area contributed by atoms with Gasteiger partial charge in [0.2, 0.25) is 0 Å². The van der Waals surface area contributed by atoms with Crippen LogP contribution in [0.15, 0.2) is 0 Å². The number of hydrogen-bond acceptors (Lipinski definition) is 3. The van der Waals surface area contributed by atoms with Crippen LogP contribution in [0.3, 0.4) is 0 Å². The van der Waals surface area contributed by atoms with Crippen molar-refractivity contribution in [2.24, 2.45) is 5.73 Å². The Kier molecular flexibility index (Phi) is 6.51.